The number of carbonyl (C=O) groups excluding carboxylic acids is 1. The molecule has 0 aliphatic carbocycles. The van der Waals surface area contributed by atoms with Gasteiger partial charge >= 0.3 is 0 Å². The molecule has 0 spiro atoms. The van der Waals surface area contributed by atoms with E-state index >= 15 is 0 Å². The van der Waals surface area contributed by atoms with Crippen molar-refractivity contribution in [3.63, 3.8) is 0 Å². The largest absolute Gasteiger partial charge is 0.467 e. The number of non-ortho nitro benzene ring substituents is 1. The van der Waals surface area contributed by atoms with E-state index in [1.54, 1.807) is 0 Å². The third-order valence-electron chi connectivity index (χ3n) is 2.73. The van der Waals surface area contributed by atoms with Crippen LogP contribution >= 0.6 is 0 Å². The molecular weight excluding hydrogens is 268 g/mol. The van der Waals surface area contributed by atoms with Gasteiger partial charge in [0, 0.05) is 36.9 Å². The summed E-state index contributed by atoms with van der Waals surface area (Å²) in [4.78, 5) is 21.8. The molecule has 0 atom stereocenters. The van der Waals surface area contributed by atoms with Gasteiger partial charge in [-0.1, -0.05) is 0 Å². The third-order valence-corrected chi connectivity index (χ3v) is 2.73. The van der Waals surface area contributed by atoms with E-state index in [-0.39, 0.29) is 38.1 Å². The second-order valence-electron chi connectivity index (χ2n) is 4.17. The number of hydrogen-bond acceptors (Lipinski definition) is 6. The highest BCUT2D eigenvalue weighted by Crippen LogP contribution is 2.32. The SMILES string of the molecule is COCC(=O)NCc1cc([N+](=O)[O-])cc2c1OCOC2. The van der Waals surface area contributed by atoms with Crippen molar-refractivity contribution in [1.82, 2.24) is 5.32 Å². The zero-order chi connectivity index (χ0) is 14.5. The van der Waals surface area contributed by atoms with E-state index in [9.17, 15) is 14.9 Å². The Labute approximate surface area is 114 Å². The molecule has 0 radical (unpaired) electrons. The van der Waals surface area contributed by atoms with Gasteiger partial charge in [-0.05, 0) is 0 Å². The number of hydrogen-bond donors (Lipinski definition) is 1. The van der Waals surface area contributed by atoms with E-state index in [4.69, 9.17) is 14.2 Å². The molecule has 1 amide bonds. The first-order valence-electron chi connectivity index (χ1n) is 5.88. The lowest BCUT2D eigenvalue weighted by atomic mass is 10.1. The van der Waals surface area contributed by atoms with Crippen LogP contribution in [0.2, 0.25) is 0 Å². The highest BCUT2D eigenvalue weighted by molar-refractivity contribution is 5.77. The summed E-state index contributed by atoms with van der Waals surface area (Å²) in [6.45, 7) is 0.396. The topological polar surface area (TPSA) is 99.9 Å². The molecule has 0 saturated carbocycles. The molecule has 0 fully saturated rings. The fourth-order valence-corrected chi connectivity index (χ4v) is 1.89. The zero-order valence-electron chi connectivity index (χ0n) is 10.9. The Morgan fingerprint density at radius 1 is 1.55 bits per heavy atom. The number of fused-ring (bicyclic) bond motifs is 1. The van der Waals surface area contributed by atoms with Gasteiger partial charge in [0.1, 0.15) is 12.4 Å². The lowest BCUT2D eigenvalue weighted by molar-refractivity contribution is -0.385. The van der Waals surface area contributed by atoms with Crippen LogP contribution in [0, 0.1) is 10.1 Å². The van der Waals surface area contributed by atoms with Gasteiger partial charge in [-0.3, -0.25) is 14.9 Å². The number of amides is 1. The summed E-state index contributed by atoms with van der Waals surface area (Å²) >= 11 is 0. The molecule has 1 aromatic carbocycles. The number of benzene rings is 1. The van der Waals surface area contributed by atoms with Crippen molar-refractivity contribution >= 4 is 11.6 Å². The number of rotatable bonds is 5. The predicted octanol–water partition coefficient (Wildman–Crippen LogP) is 0.724. The summed E-state index contributed by atoms with van der Waals surface area (Å²) < 4.78 is 15.1. The maximum Gasteiger partial charge on any atom is 0.270 e. The molecule has 0 bridgehead atoms. The van der Waals surface area contributed by atoms with Crippen molar-refractivity contribution in [3.8, 4) is 5.75 Å². The van der Waals surface area contributed by atoms with Crippen LogP contribution in [-0.4, -0.2) is 31.3 Å². The molecule has 108 valence electrons. The summed E-state index contributed by atoms with van der Waals surface area (Å²) in [6.07, 6.45) is 0. The zero-order valence-corrected chi connectivity index (χ0v) is 10.9. The maximum atomic E-state index is 11.4. The molecule has 0 unspecified atom stereocenters. The number of nitro benzene ring substituents is 1. The minimum atomic E-state index is -0.491. The van der Waals surface area contributed by atoms with Crippen molar-refractivity contribution in [2.45, 2.75) is 13.2 Å². The average molecular weight is 282 g/mol. The maximum absolute atomic E-state index is 11.4. The van der Waals surface area contributed by atoms with Crippen LogP contribution in [0.25, 0.3) is 0 Å². The van der Waals surface area contributed by atoms with Gasteiger partial charge in [0.05, 0.1) is 11.5 Å². The molecule has 2 rings (SSSR count). The molecule has 8 heteroatoms. The van der Waals surface area contributed by atoms with E-state index in [0.29, 0.717) is 16.9 Å². The fourth-order valence-electron chi connectivity index (χ4n) is 1.89. The van der Waals surface area contributed by atoms with Crippen LogP contribution < -0.4 is 10.1 Å². The highest BCUT2D eigenvalue weighted by atomic mass is 16.7. The number of ether oxygens (including phenoxy) is 3. The Morgan fingerprint density at radius 3 is 3.05 bits per heavy atom. The van der Waals surface area contributed by atoms with Gasteiger partial charge in [-0.25, -0.2) is 0 Å². The Bertz CT molecular complexity index is 531. The van der Waals surface area contributed by atoms with Crippen molar-refractivity contribution in [3.05, 3.63) is 33.4 Å². The first kappa shape index (κ1) is 14.2. The van der Waals surface area contributed by atoms with Crippen molar-refractivity contribution < 1.29 is 23.9 Å². The number of carbonyl (C=O) groups is 1. The van der Waals surface area contributed by atoms with Crippen LogP contribution in [0.4, 0.5) is 5.69 Å². The van der Waals surface area contributed by atoms with Gasteiger partial charge < -0.3 is 19.5 Å². The summed E-state index contributed by atoms with van der Waals surface area (Å²) in [5.74, 6) is 0.222. The van der Waals surface area contributed by atoms with Gasteiger partial charge in [-0.2, -0.15) is 0 Å². The first-order chi connectivity index (χ1) is 9.61. The van der Waals surface area contributed by atoms with Crippen LogP contribution in [-0.2, 0) is 27.4 Å². The van der Waals surface area contributed by atoms with Crippen molar-refractivity contribution in [1.29, 1.82) is 0 Å². The van der Waals surface area contributed by atoms with E-state index in [0.717, 1.165) is 0 Å². The lowest BCUT2D eigenvalue weighted by Crippen LogP contribution is -2.27. The monoisotopic (exact) mass is 282 g/mol. The summed E-state index contributed by atoms with van der Waals surface area (Å²) in [5.41, 5.74) is 1.08. The van der Waals surface area contributed by atoms with Gasteiger partial charge in [0.2, 0.25) is 5.91 Å². The molecule has 1 aliphatic heterocycles. The van der Waals surface area contributed by atoms with E-state index in [1.165, 1.54) is 19.2 Å². The first-order valence-corrected chi connectivity index (χ1v) is 5.88. The fraction of sp³-hybridized carbons (Fsp3) is 0.417. The number of nitrogens with zero attached hydrogens (tertiary/aromatic N) is 1. The summed E-state index contributed by atoms with van der Waals surface area (Å²) in [7, 11) is 1.41. The Hall–Kier alpha value is -2.19. The average Bonchev–Trinajstić information content (AvgIpc) is 2.44. The number of nitro groups is 1. The third kappa shape index (κ3) is 3.22. The van der Waals surface area contributed by atoms with Crippen molar-refractivity contribution in [2.75, 3.05) is 20.5 Å². The smallest absolute Gasteiger partial charge is 0.270 e. The van der Waals surface area contributed by atoms with E-state index in [2.05, 4.69) is 5.32 Å². The Balaban J connectivity index is 2.23. The van der Waals surface area contributed by atoms with Crippen LogP contribution in [0.5, 0.6) is 5.75 Å². The number of nitrogens with one attached hydrogen (secondary N) is 1. The Kier molecular flexibility index (Phi) is 4.49. The van der Waals surface area contributed by atoms with Crippen molar-refractivity contribution in [2.24, 2.45) is 0 Å². The standard InChI is InChI=1S/C12H14N2O6/c1-18-6-11(15)13-4-8-2-10(14(16)17)3-9-5-19-7-20-12(8)9/h2-3H,4-7H2,1H3,(H,13,15). The Morgan fingerprint density at radius 2 is 2.35 bits per heavy atom. The molecule has 1 aliphatic rings. The van der Waals surface area contributed by atoms with Gasteiger partial charge in [0.25, 0.3) is 5.69 Å². The number of methoxy groups -OCH3 is 1. The second-order valence-corrected chi connectivity index (χ2v) is 4.17. The second kappa shape index (κ2) is 6.31. The quantitative estimate of drug-likeness (QED) is 0.631. The van der Waals surface area contributed by atoms with Gasteiger partial charge in [0.15, 0.2) is 6.79 Å². The van der Waals surface area contributed by atoms with Gasteiger partial charge in [-0.15, -0.1) is 0 Å². The summed E-state index contributed by atoms with van der Waals surface area (Å²) in [5, 5.41) is 13.5. The lowest BCUT2D eigenvalue weighted by Gasteiger charge is -2.20. The summed E-state index contributed by atoms with van der Waals surface area (Å²) in [6, 6.07) is 2.80. The normalized spacial score (nSPS) is 13.2. The van der Waals surface area contributed by atoms with E-state index in [1.807, 2.05) is 0 Å². The van der Waals surface area contributed by atoms with Crippen LogP contribution in [0.3, 0.4) is 0 Å². The molecule has 0 aromatic heterocycles. The molecular formula is C12H14N2O6. The van der Waals surface area contributed by atoms with E-state index < -0.39 is 4.92 Å². The molecule has 0 saturated heterocycles. The highest BCUT2D eigenvalue weighted by Gasteiger charge is 2.21. The minimum Gasteiger partial charge on any atom is -0.467 e. The molecule has 1 aromatic rings. The molecule has 1 N–H and O–H groups in total. The minimum absolute atomic E-state index is 0.0613. The molecule has 1 heterocycles. The van der Waals surface area contributed by atoms with Crippen LogP contribution in [0.15, 0.2) is 12.1 Å². The molecule has 20 heavy (non-hydrogen) atoms. The predicted molar refractivity (Wildman–Crippen MR) is 67.1 cm³/mol. The molecule has 8 nitrogen and oxygen atoms in total. The van der Waals surface area contributed by atoms with Crippen LogP contribution in [0.1, 0.15) is 11.1 Å².